The fourth-order valence-electron chi connectivity index (χ4n) is 2.01. The van der Waals surface area contributed by atoms with Crippen molar-refractivity contribution in [1.29, 1.82) is 0 Å². The first-order chi connectivity index (χ1) is 7.54. The fourth-order valence-corrected chi connectivity index (χ4v) is 2.89. The van der Waals surface area contributed by atoms with Gasteiger partial charge in [-0.1, -0.05) is 61.6 Å². The third kappa shape index (κ3) is 3.64. The van der Waals surface area contributed by atoms with Crippen LogP contribution in [0.15, 0.2) is 42.0 Å². The zero-order valence-electron chi connectivity index (χ0n) is 10.7. The lowest BCUT2D eigenvalue weighted by Crippen LogP contribution is -2.17. The molecule has 2 rings (SSSR count). The van der Waals surface area contributed by atoms with E-state index in [0.717, 1.165) is 5.92 Å². The third-order valence-electron chi connectivity index (χ3n) is 3.15. The maximum atomic E-state index is 2.53. The zero-order valence-corrected chi connectivity index (χ0v) is 11.7. The van der Waals surface area contributed by atoms with Crippen molar-refractivity contribution < 1.29 is 0 Å². The summed E-state index contributed by atoms with van der Waals surface area (Å²) in [6, 6.07) is 12.2. The SMILES string of the molecule is C[Si](C)(C)CC=C1CC1Cc1ccccc1. The van der Waals surface area contributed by atoms with Crippen LogP contribution in [-0.2, 0) is 6.42 Å². The van der Waals surface area contributed by atoms with Crippen molar-refractivity contribution in [3.8, 4) is 0 Å². The molecule has 0 aliphatic heterocycles. The second-order valence-electron chi connectivity index (χ2n) is 6.13. The Hall–Kier alpha value is -0.823. The number of hydrogen-bond acceptors (Lipinski definition) is 0. The minimum Gasteiger partial charge on any atom is -0.0877 e. The van der Waals surface area contributed by atoms with Gasteiger partial charge in [0.15, 0.2) is 0 Å². The fraction of sp³-hybridized carbons (Fsp3) is 0.467. The van der Waals surface area contributed by atoms with Gasteiger partial charge in [0.2, 0.25) is 0 Å². The highest BCUT2D eigenvalue weighted by atomic mass is 28.3. The minimum absolute atomic E-state index is 0.860. The highest BCUT2D eigenvalue weighted by Gasteiger charge is 2.29. The van der Waals surface area contributed by atoms with E-state index in [-0.39, 0.29) is 0 Å². The summed E-state index contributed by atoms with van der Waals surface area (Å²) in [5, 5.41) is 0. The number of allylic oxidation sites excluding steroid dienone is 2. The number of rotatable bonds is 4. The van der Waals surface area contributed by atoms with E-state index in [4.69, 9.17) is 0 Å². The summed E-state index contributed by atoms with van der Waals surface area (Å²) in [7, 11) is -0.878. The Morgan fingerprint density at radius 2 is 1.88 bits per heavy atom. The van der Waals surface area contributed by atoms with Crippen LogP contribution < -0.4 is 0 Å². The first-order valence-corrected chi connectivity index (χ1v) is 9.98. The second-order valence-corrected chi connectivity index (χ2v) is 11.7. The molecule has 1 atom stereocenters. The van der Waals surface area contributed by atoms with Crippen molar-refractivity contribution in [2.75, 3.05) is 0 Å². The lowest BCUT2D eigenvalue weighted by molar-refractivity contribution is 0.860. The molecular weight excluding hydrogens is 208 g/mol. The van der Waals surface area contributed by atoms with Gasteiger partial charge in [-0.25, -0.2) is 0 Å². The summed E-state index contributed by atoms with van der Waals surface area (Å²) in [5.74, 6) is 0.860. The van der Waals surface area contributed by atoms with E-state index in [1.165, 1.54) is 24.4 Å². The molecule has 1 aliphatic carbocycles. The van der Waals surface area contributed by atoms with E-state index in [0.29, 0.717) is 0 Å². The molecule has 1 fully saturated rings. The Kier molecular flexibility index (Phi) is 3.34. The predicted molar refractivity (Wildman–Crippen MR) is 74.5 cm³/mol. The highest BCUT2D eigenvalue weighted by Crippen LogP contribution is 2.41. The van der Waals surface area contributed by atoms with E-state index in [1.807, 2.05) is 0 Å². The molecule has 0 nitrogen and oxygen atoms in total. The van der Waals surface area contributed by atoms with Gasteiger partial charge in [0, 0.05) is 8.07 Å². The normalized spacial score (nSPS) is 22.4. The lowest BCUT2D eigenvalue weighted by Gasteiger charge is -2.11. The quantitative estimate of drug-likeness (QED) is 0.527. The molecule has 1 aromatic rings. The molecule has 0 bridgehead atoms. The molecule has 1 aliphatic rings. The summed E-state index contributed by atoms with van der Waals surface area (Å²) in [6.07, 6.45) is 5.12. The van der Waals surface area contributed by atoms with Crippen LogP contribution in [0.4, 0.5) is 0 Å². The summed E-state index contributed by atoms with van der Waals surface area (Å²) in [4.78, 5) is 0. The Morgan fingerprint density at radius 1 is 1.19 bits per heavy atom. The van der Waals surface area contributed by atoms with Gasteiger partial charge in [-0.05, 0) is 30.4 Å². The third-order valence-corrected chi connectivity index (χ3v) is 4.58. The largest absolute Gasteiger partial charge is 0.0877 e. The average molecular weight is 230 g/mol. The molecule has 0 saturated heterocycles. The second kappa shape index (κ2) is 4.58. The van der Waals surface area contributed by atoms with E-state index in [1.54, 1.807) is 5.57 Å². The molecule has 0 aromatic heterocycles. The van der Waals surface area contributed by atoms with Gasteiger partial charge >= 0.3 is 0 Å². The Balaban J connectivity index is 1.84. The molecule has 1 aromatic carbocycles. The van der Waals surface area contributed by atoms with E-state index >= 15 is 0 Å². The molecule has 86 valence electrons. The van der Waals surface area contributed by atoms with Crippen molar-refractivity contribution in [3.63, 3.8) is 0 Å². The van der Waals surface area contributed by atoms with Crippen molar-refractivity contribution in [2.45, 2.75) is 38.5 Å². The van der Waals surface area contributed by atoms with Gasteiger partial charge < -0.3 is 0 Å². The number of hydrogen-bond donors (Lipinski definition) is 0. The molecule has 0 heterocycles. The van der Waals surface area contributed by atoms with Gasteiger partial charge in [-0.3, -0.25) is 0 Å². The van der Waals surface area contributed by atoms with Gasteiger partial charge in [-0.2, -0.15) is 0 Å². The summed E-state index contributed by atoms with van der Waals surface area (Å²) < 4.78 is 0. The van der Waals surface area contributed by atoms with Gasteiger partial charge in [-0.15, -0.1) is 0 Å². The monoisotopic (exact) mass is 230 g/mol. The van der Waals surface area contributed by atoms with Crippen LogP contribution >= 0.6 is 0 Å². The first kappa shape index (κ1) is 11.7. The van der Waals surface area contributed by atoms with E-state index in [2.05, 4.69) is 56.0 Å². The van der Waals surface area contributed by atoms with Crippen LogP contribution in [0.3, 0.4) is 0 Å². The van der Waals surface area contributed by atoms with Crippen LogP contribution in [0.2, 0.25) is 25.7 Å². The van der Waals surface area contributed by atoms with Crippen LogP contribution in [0.25, 0.3) is 0 Å². The Morgan fingerprint density at radius 3 is 2.50 bits per heavy atom. The van der Waals surface area contributed by atoms with E-state index in [9.17, 15) is 0 Å². The van der Waals surface area contributed by atoms with Crippen LogP contribution in [-0.4, -0.2) is 8.07 Å². The Labute approximate surface area is 100 Å². The van der Waals surface area contributed by atoms with Gasteiger partial charge in [0.1, 0.15) is 0 Å². The minimum atomic E-state index is -0.878. The van der Waals surface area contributed by atoms with Crippen LogP contribution in [0, 0.1) is 5.92 Å². The predicted octanol–water partition coefficient (Wildman–Crippen LogP) is 4.51. The molecule has 0 N–H and O–H groups in total. The van der Waals surface area contributed by atoms with Crippen LogP contribution in [0.1, 0.15) is 12.0 Å². The summed E-state index contributed by atoms with van der Waals surface area (Å²) in [5.41, 5.74) is 3.20. The van der Waals surface area contributed by atoms with Gasteiger partial charge in [0.25, 0.3) is 0 Å². The molecule has 1 saturated carbocycles. The lowest BCUT2D eigenvalue weighted by atomic mass is 10.1. The number of benzene rings is 1. The average Bonchev–Trinajstić information content (AvgIpc) is 2.94. The van der Waals surface area contributed by atoms with Gasteiger partial charge in [0.05, 0.1) is 0 Å². The van der Waals surface area contributed by atoms with E-state index < -0.39 is 8.07 Å². The zero-order chi connectivity index (χ0) is 11.6. The molecule has 16 heavy (non-hydrogen) atoms. The summed E-state index contributed by atoms with van der Waals surface area (Å²) >= 11 is 0. The molecule has 1 unspecified atom stereocenters. The van der Waals surface area contributed by atoms with Crippen LogP contribution in [0.5, 0.6) is 0 Å². The molecule has 0 radical (unpaired) electrons. The Bertz CT molecular complexity index is 370. The first-order valence-electron chi connectivity index (χ1n) is 6.27. The molecule has 0 spiro atoms. The molecule has 1 heteroatoms. The van der Waals surface area contributed by atoms with Crippen molar-refractivity contribution in [2.24, 2.45) is 5.92 Å². The maximum Gasteiger partial charge on any atom is 0.0480 e. The van der Waals surface area contributed by atoms with Crippen molar-refractivity contribution in [1.82, 2.24) is 0 Å². The smallest absolute Gasteiger partial charge is 0.0480 e. The molecule has 0 amide bonds. The highest BCUT2D eigenvalue weighted by molar-refractivity contribution is 6.76. The van der Waals surface area contributed by atoms with Crippen molar-refractivity contribution >= 4 is 8.07 Å². The van der Waals surface area contributed by atoms with Crippen molar-refractivity contribution in [3.05, 3.63) is 47.5 Å². The standard InChI is InChI=1S/C15H22Si/c1-16(2,3)10-9-14-12-15(14)11-13-7-5-4-6-8-13/h4-9,15H,10-12H2,1-3H3. The molecular formula is C15H22Si. The topological polar surface area (TPSA) is 0 Å². The summed E-state index contributed by atoms with van der Waals surface area (Å²) in [6.45, 7) is 7.33. The maximum absolute atomic E-state index is 2.53.